The molecule has 2 aromatic heterocycles. The van der Waals surface area contributed by atoms with Crippen LogP contribution in [0.25, 0.3) is 38.8 Å². The van der Waals surface area contributed by atoms with E-state index in [0.29, 0.717) is 11.5 Å². The Labute approximate surface area is 431 Å². The Bertz CT molecular complexity index is 3330. The molecule has 6 heteroatoms. The van der Waals surface area contributed by atoms with Gasteiger partial charge in [0.15, 0.2) is 0 Å². The number of rotatable bonds is 8. The summed E-state index contributed by atoms with van der Waals surface area (Å²) in [6.07, 6.45) is 1.92. The summed E-state index contributed by atoms with van der Waals surface area (Å²) >= 11 is 0. The molecule has 7 aromatic carbocycles. The van der Waals surface area contributed by atoms with Crippen molar-refractivity contribution in [1.82, 2.24) is 9.55 Å². The maximum Gasteiger partial charge on any atom is 4.00 e. The molecule has 0 radical (unpaired) electrons. The molecule has 5 nitrogen and oxygen atoms in total. The van der Waals surface area contributed by atoms with Gasteiger partial charge in [-0.1, -0.05) is 173 Å². The summed E-state index contributed by atoms with van der Waals surface area (Å²) in [5.41, 5.74) is 14.2. The van der Waals surface area contributed by atoms with Crippen LogP contribution in [-0.2, 0) is 42.7 Å². The van der Waals surface area contributed by atoms with Gasteiger partial charge < -0.3 is 26.5 Å². The minimum atomic E-state index is -0.194. The minimum absolute atomic E-state index is 0. The number of benzene rings is 7. The Morgan fingerprint density at radius 2 is 1.16 bits per heavy atom. The van der Waals surface area contributed by atoms with Gasteiger partial charge in [0.05, 0.1) is 0 Å². The smallest absolute Gasteiger partial charge is 0.509 e. The van der Waals surface area contributed by atoms with Crippen molar-refractivity contribution >= 4 is 44.6 Å². The molecule has 356 valence electrons. The van der Waals surface area contributed by atoms with E-state index >= 15 is 0 Å². The summed E-state index contributed by atoms with van der Waals surface area (Å²) in [5, 5.41) is 2.21. The molecule has 0 saturated carbocycles. The molecule has 1 aliphatic heterocycles. The second-order valence-electron chi connectivity index (χ2n) is 22.0. The first kappa shape index (κ1) is 50.0. The number of hydrogen-bond acceptors (Lipinski definition) is 4. The summed E-state index contributed by atoms with van der Waals surface area (Å²) in [6.45, 7) is 27.1. The third-order valence-corrected chi connectivity index (χ3v) is 13.7. The van der Waals surface area contributed by atoms with Crippen molar-refractivity contribution in [2.24, 2.45) is 0 Å². The number of nitrogens with zero attached hydrogens (tertiary/aromatic N) is 4. The molecule has 0 bridgehead atoms. The van der Waals surface area contributed by atoms with E-state index in [1.807, 2.05) is 12.3 Å². The molecule has 0 aliphatic carbocycles. The Morgan fingerprint density at radius 1 is 0.486 bits per heavy atom. The standard InChI is InChI=1S/C63H61N4O.CH3.Pt/c1-60(2,3)45-26-30-56-58(37-45)65(49-24-18-23-47(34-49)63(10,11)44-21-16-13-17-22-44)41-66(56)50-35-48(62(7,8)9)36-52(39-50)68-51-27-28-53-54-33-43(42-19-14-12-15-20-42)25-29-55(54)67(57(53)40-51)59-38-46(31-32-64-59)61(4,5)6;;/h12-38,41H,1-11H3;1H3;/q-3;-1;+4. The zero-order valence-corrected chi connectivity index (χ0v) is 45.0. The predicted octanol–water partition coefficient (Wildman–Crippen LogP) is 17.3. The summed E-state index contributed by atoms with van der Waals surface area (Å²) in [4.78, 5) is 9.56. The molecular weight excluding hydrogens is 1040 g/mol. The van der Waals surface area contributed by atoms with Crippen molar-refractivity contribution < 1.29 is 25.8 Å². The molecule has 0 fully saturated rings. The van der Waals surface area contributed by atoms with Crippen LogP contribution in [0, 0.1) is 26.2 Å². The van der Waals surface area contributed by atoms with Crippen LogP contribution in [0.2, 0.25) is 0 Å². The fraction of sp³-hybridized carbons (Fsp3) is 0.234. The number of hydrogen-bond donors (Lipinski definition) is 0. The van der Waals surface area contributed by atoms with Crippen LogP contribution in [-0.4, -0.2) is 9.55 Å². The molecule has 0 unspecified atom stereocenters. The third-order valence-electron chi connectivity index (χ3n) is 13.7. The van der Waals surface area contributed by atoms with Crippen LogP contribution in [0.4, 0.5) is 22.7 Å². The number of ether oxygens (including phenoxy) is 1. The molecule has 0 spiro atoms. The van der Waals surface area contributed by atoms with E-state index in [1.165, 1.54) is 27.8 Å². The van der Waals surface area contributed by atoms with E-state index in [9.17, 15) is 0 Å². The van der Waals surface area contributed by atoms with Crippen LogP contribution >= 0.6 is 0 Å². The Kier molecular flexibility index (Phi) is 13.4. The number of fused-ring (bicyclic) bond motifs is 4. The van der Waals surface area contributed by atoms with Crippen LogP contribution in [0.5, 0.6) is 11.5 Å². The van der Waals surface area contributed by atoms with E-state index in [-0.39, 0.29) is 50.2 Å². The Morgan fingerprint density at radius 3 is 1.86 bits per heavy atom. The average Bonchev–Trinajstić information content (AvgIpc) is 3.86. The molecule has 70 heavy (non-hydrogen) atoms. The SMILES string of the molecule is CC(C)(C)c1cc(Oc2[c-]c3c(cc2)c2cc(-c4ccccc4)ccc2n3-c2cc(C(C)(C)C)ccn2)[c-]c(N2[CH-]N(c3cccc(C(C)(C)c4ccccc4)c3)c3cc(C(C)(C)C)ccc32)c1.[CH3-].[Pt+4]. The van der Waals surface area contributed by atoms with Gasteiger partial charge >= 0.3 is 21.1 Å². The van der Waals surface area contributed by atoms with Crippen molar-refractivity contribution in [2.45, 2.75) is 97.8 Å². The summed E-state index contributed by atoms with van der Waals surface area (Å²) < 4.78 is 9.17. The van der Waals surface area contributed by atoms with Crippen molar-refractivity contribution in [1.29, 1.82) is 0 Å². The van der Waals surface area contributed by atoms with Crippen LogP contribution in [0.15, 0.2) is 164 Å². The predicted molar refractivity (Wildman–Crippen MR) is 291 cm³/mol. The third kappa shape index (κ3) is 9.46. The summed E-state index contributed by atoms with van der Waals surface area (Å²) in [6, 6.07) is 64.3. The normalized spacial score (nSPS) is 13.0. The van der Waals surface area contributed by atoms with Gasteiger partial charge in [-0.3, -0.25) is 0 Å². The number of aromatic nitrogens is 2. The van der Waals surface area contributed by atoms with E-state index < -0.39 is 0 Å². The minimum Gasteiger partial charge on any atom is -0.509 e. The van der Waals surface area contributed by atoms with Crippen LogP contribution in [0.1, 0.15) is 104 Å². The van der Waals surface area contributed by atoms with Crippen molar-refractivity contribution in [2.75, 3.05) is 9.80 Å². The number of anilines is 4. The molecule has 0 atom stereocenters. The summed E-state index contributed by atoms with van der Waals surface area (Å²) in [7, 11) is 0. The van der Waals surface area contributed by atoms with E-state index in [1.54, 1.807) is 0 Å². The van der Waals surface area contributed by atoms with Crippen LogP contribution < -0.4 is 14.5 Å². The zero-order valence-electron chi connectivity index (χ0n) is 42.7. The van der Waals surface area contributed by atoms with Gasteiger partial charge in [0.2, 0.25) is 0 Å². The molecule has 0 saturated heterocycles. The fourth-order valence-electron chi connectivity index (χ4n) is 9.39. The quantitative estimate of drug-likeness (QED) is 0.142. The van der Waals surface area contributed by atoms with Crippen LogP contribution in [0.3, 0.4) is 0 Å². The molecule has 10 rings (SSSR count). The topological polar surface area (TPSA) is 33.5 Å². The van der Waals surface area contributed by atoms with Crippen molar-refractivity contribution in [3.8, 4) is 28.4 Å². The molecule has 1 aliphatic rings. The van der Waals surface area contributed by atoms with Gasteiger partial charge in [0, 0.05) is 45.7 Å². The van der Waals surface area contributed by atoms with Gasteiger partial charge in [-0.15, -0.1) is 53.6 Å². The first-order valence-electron chi connectivity index (χ1n) is 23.9. The monoisotopic (exact) mass is 1100 g/mol. The average molecular weight is 1100 g/mol. The maximum absolute atomic E-state index is 6.94. The maximum atomic E-state index is 6.94. The molecule has 0 N–H and O–H groups in total. The largest absolute Gasteiger partial charge is 4.00 e. The first-order chi connectivity index (χ1) is 32.3. The Balaban J connectivity index is 0.00000329. The van der Waals surface area contributed by atoms with Crippen molar-refractivity contribution in [3.63, 3.8) is 0 Å². The second kappa shape index (κ2) is 18.7. The van der Waals surface area contributed by atoms with Gasteiger partial charge in [-0.05, 0) is 97.5 Å². The van der Waals surface area contributed by atoms with Gasteiger partial charge in [0.1, 0.15) is 5.82 Å². The van der Waals surface area contributed by atoms with Crippen molar-refractivity contribution in [3.05, 3.63) is 218 Å². The second-order valence-corrected chi connectivity index (χ2v) is 22.0. The van der Waals surface area contributed by atoms with E-state index in [4.69, 9.17) is 9.72 Å². The molecule has 9 aromatic rings. The van der Waals surface area contributed by atoms with Gasteiger partial charge in [-0.2, -0.15) is 6.07 Å². The number of pyridine rings is 1. The zero-order chi connectivity index (χ0) is 47.8. The first-order valence-corrected chi connectivity index (χ1v) is 23.9. The van der Waals surface area contributed by atoms with E-state index in [2.05, 4.69) is 261 Å². The molecular formula is C64H64N4OPt. The molecule has 3 heterocycles. The summed E-state index contributed by atoms with van der Waals surface area (Å²) in [5.74, 6) is 2.07. The fourth-order valence-corrected chi connectivity index (χ4v) is 9.39. The van der Waals surface area contributed by atoms with Gasteiger partial charge in [0.25, 0.3) is 0 Å². The molecule has 0 amide bonds. The van der Waals surface area contributed by atoms with E-state index in [0.717, 1.165) is 61.5 Å². The Hall–Kier alpha value is -6.42. The van der Waals surface area contributed by atoms with Gasteiger partial charge in [-0.25, -0.2) is 4.98 Å².